The van der Waals surface area contributed by atoms with Crippen molar-refractivity contribution >= 4 is 17.5 Å². The highest BCUT2D eigenvalue weighted by Gasteiger charge is 2.62. The summed E-state index contributed by atoms with van der Waals surface area (Å²) in [5.41, 5.74) is 2.44. The van der Waals surface area contributed by atoms with Crippen LogP contribution in [0.4, 0.5) is 18.9 Å². The SMILES string of the molecule is CC1(C(=O)N2CC3(C2)C(=O)N(Cc2nc4c(n2CCCC(F)(F)F)CCCC4)c2cnccc23)CC1. The summed E-state index contributed by atoms with van der Waals surface area (Å²) in [6, 6.07) is 1.86. The number of hydrogen-bond acceptors (Lipinski definition) is 4. The number of rotatable bonds is 6. The smallest absolute Gasteiger partial charge is 0.339 e. The highest BCUT2D eigenvalue weighted by atomic mass is 19.4. The van der Waals surface area contributed by atoms with Crippen LogP contribution in [0.1, 0.15) is 68.2 Å². The van der Waals surface area contributed by atoms with Crippen LogP contribution in [0.3, 0.4) is 0 Å². The first-order valence-electron chi connectivity index (χ1n) is 12.8. The average Bonchev–Trinajstić information content (AvgIpc) is 3.40. The molecule has 2 aromatic heterocycles. The molecule has 0 unspecified atom stereocenters. The lowest BCUT2D eigenvalue weighted by atomic mass is 9.74. The molecule has 2 aliphatic carbocycles. The fourth-order valence-corrected chi connectivity index (χ4v) is 6.10. The summed E-state index contributed by atoms with van der Waals surface area (Å²) in [6.07, 6.45) is 3.63. The number of fused-ring (bicyclic) bond motifs is 3. The first-order chi connectivity index (χ1) is 17.1. The third-order valence-corrected chi connectivity index (χ3v) is 8.44. The van der Waals surface area contributed by atoms with Gasteiger partial charge >= 0.3 is 6.18 Å². The van der Waals surface area contributed by atoms with Crippen LogP contribution in [0.15, 0.2) is 18.5 Å². The van der Waals surface area contributed by atoms with Gasteiger partial charge in [-0.1, -0.05) is 6.92 Å². The Morgan fingerprint density at radius 1 is 1.17 bits per heavy atom. The van der Waals surface area contributed by atoms with Gasteiger partial charge in [0.25, 0.3) is 0 Å². The second kappa shape index (κ2) is 8.05. The van der Waals surface area contributed by atoms with Crippen molar-refractivity contribution in [1.29, 1.82) is 0 Å². The van der Waals surface area contributed by atoms with E-state index in [9.17, 15) is 22.8 Å². The van der Waals surface area contributed by atoms with Crippen molar-refractivity contribution in [2.45, 2.75) is 83.0 Å². The summed E-state index contributed by atoms with van der Waals surface area (Å²) < 4.78 is 40.5. The highest BCUT2D eigenvalue weighted by Crippen LogP contribution is 2.52. The van der Waals surface area contributed by atoms with Crippen LogP contribution in [-0.2, 0) is 40.9 Å². The van der Waals surface area contributed by atoms with Crippen molar-refractivity contribution in [3.05, 3.63) is 41.2 Å². The van der Waals surface area contributed by atoms with Crippen LogP contribution in [-0.4, -0.2) is 50.5 Å². The van der Waals surface area contributed by atoms with Gasteiger partial charge in [0.05, 0.1) is 24.1 Å². The predicted molar refractivity (Wildman–Crippen MR) is 125 cm³/mol. The summed E-state index contributed by atoms with van der Waals surface area (Å²) in [7, 11) is 0. The molecule has 2 aromatic rings. The number of halogens is 3. The number of alkyl halides is 3. The maximum absolute atomic E-state index is 13.9. The highest BCUT2D eigenvalue weighted by molar-refractivity contribution is 6.10. The van der Waals surface area contributed by atoms with Crippen LogP contribution < -0.4 is 4.90 Å². The van der Waals surface area contributed by atoms with Crippen LogP contribution >= 0.6 is 0 Å². The number of nitrogens with zero attached hydrogens (tertiary/aromatic N) is 5. The maximum atomic E-state index is 13.9. The minimum atomic E-state index is -4.20. The lowest BCUT2D eigenvalue weighted by Crippen LogP contribution is -2.66. The van der Waals surface area contributed by atoms with Crippen molar-refractivity contribution in [1.82, 2.24) is 19.4 Å². The summed E-state index contributed by atoms with van der Waals surface area (Å²) in [4.78, 5) is 39.3. The Kier molecular flexibility index (Phi) is 5.25. The van der Waals surface area contributed by atoms with Crippen molar-refractivity contribution in [3.8, 4) is 0 Å². The monoisotopic (exact) mass is 501 g/mol. The molecule has 0 N–H and O–H groups in total. The van der Waals surface area contributed by atoms with Crippen LogP contribution in [0.2, 0.25) is 0 Å². The van der Waals surface area contributed by atoms with Crippen LogP contribution in [0.5, 0.6) is 0 Å². The Morgan fingerprint density at radius 3 is 2.64 bits per heavy atom. The molecule has 2 amide bonds. The molecule has 4 aliphatic rings. The normalized spacial score (nSPS) is 21.4. The fraction of sp³-hybridized carbons (Fsp3) is 0.615. The molecule has 36 heavy (non-hydrogen) atoms. The van der Waals surface area contributed by atoms with E-state index in [-0.39, 0.29) is 36.7 Å². The summed E-state index contributed by atoms with van der Waals surface area (Å²) in [5.74, 6) is 0.656. The molecule has 1 saturated heterocycles. The molecule has 192 valence electrons. The average molecular weight is 502 g/mol. The third kappa shape index (κ3) is 3.71. The van der Waals surface area contributed by atoms with Crippen LogP contribution in [0, 0.1) is 5.41 Å². The molecule has 0 bridgehead atoms. The molecule has 2 fully saturated rings. The second-order valence-corrected chi connectivity index (χ2v) is 11.1. The molecule has 2 aliphatic heterocycles. The zero-order chi connectivity index (χ0) is 25.3. The van der Waals surface area contributed by atoms with Gasteiger partial charge in [0.15, 0.2) is 0 Å². The van der Waals surface area contributed by atoms with Gasteiger partial charge in [-0.3, -0.25) is 14.6 Å². The Balaban J connectivity index is 1.28. The number of pyridine rings is 1. The standard InChI is InChI=1S/C26H30F3N5O2/c1-24(9-10-24)22(35)32-15-25(16-32)17-7-11-30-13-20(17)34(23(25)36)14-21-31-18-5-2-3-6-19(18)33(21)12-4-8-26(27,28)29/h7,11,13H,2-6,8-10,12,14-16H2,1H3. The van der Waals surface area contributed by atoms with E-state index in [1.165, 1.54) is 0 Å². The zero-order valence-corrected chi connectivity index (χ0v) is 20.4. The Labute approximate surface area is 207 Å². The minimum Gasteiger partial charge on any atom is -0.339 e. The number of carbonyl (C=O) groups is 2. The first kappa shape index (κ1) is 23.5. The lowest BCUT2D eigenvalue weighted by molar-refractivity contribution is -0.148. The van der Waals surface area contributed by atoms with E-state index < -0.39 is 18.0 Å². The fourth-order valence-electron chi connectivity index (χ4n) is 6.10. The van der Waals surface area contributed by atoms with Gasteiger partial charge < -0.3 is 14.4 Å². The van der Waals surface area contributed by atoms with E-state index in [1.54, 1.807) is 22.2 Å². The molecule has 1 saturated carbocycles. The third-order valence-electron chi connectivity index (χ3n) is 8.44. The number of aryl methyl sites for hydroxylation is 1. The Bertz CT molecular complexity index is 1230. The topological polar surface area (TPSA) is 71.3 Å². The maximum Gasteiger partial charge on any atom is 0.389 e. The molecule has 10 heteroatoms. The van der Waals surface area contributed by atoms with Crippen molar-refractivity contribution in [3.63, 3.8) is 0 Å². The van der Waals surface area contributed by atoms with E-state index >= 15 is 0 Å². The quantitative estimate of drug-likeness (QED) is 0.602. The van der Waals surface area contributed by atoms with Gasteiger partial charge in [-0.25, -0.2) is 4.98 Å². The van der Waals surface area contributed by atoms with Gasteiger partial charge in [-0.05, 0) is 56.6 Å². The Hall–Kier alpha value is -2.91. The van der Waals surface area contributed by atoms with Gasteiger partial charge in [0, 0.05) is 43.4 Å². The number of hydrogen-bond donors (Lipinski definition) is 0. The van der Waals surface area contributed by atoms with E-state index in [2.05, 4.69) is 4.98 Å². The van der Waals surface area contributed by atoms with E-state index in [0.29, 0.717) is 24.6 Å². The zero-order valence-electron chi connectivity index (χ0n) is 20.4. The molecule has 0 atom stereocenters. The molecular weight excluding hydrogens is 471 g/mol. The van der Waals surface area contributed by atoms with Gasteiger partial charge in [0.2, 0.25) is 11.8 Å². The number of imidazole rings is 1. The minimum absolute atomic E-state index is 0.0227. The molecular formula is C26H30F3N5O2. The molecule has 4 heterocycles. The van der Waals surface area contributed by atoms with Gasteiger partial charge in [-0.15, -0.1) is 0 Å². The van der Waals surface area contributed by atoms with E-state index in [4.69, 9.17) is 4.98 Å². The Morgan fingerprint density at radius 2 is 1.92 bits per heavy atom. The summed E-state index contributed by atoms with van der Waals surface area (Å²) >= 11 is 0. The van der Waals surface area contributed by atoms with E-state index in [0.717, 1.165) is 55.5 Å². The van der Waals surface area contributed by atoms with Gasteiger partial charge in [-0.2, -0.15) is 13.2 Å². The largest absolute Gasteiger partial charge is 0.389 e. The summed E-state index contributed by atoms with van der Waals surface area (Å²) in [6.45, 7) is 3.09. The summed E-state index contributed by atoms with van der Waals surface area (Å²) in [5, 5.41) is 0. The number of amides is 2. The van der Waals surface area contributed by atoms with Crippen LogP contribution in [0.25, 0.3) is 0 Å². The van der Waals surface area contributed by atoms with Gasteiger partial charge in [0.1, 0.15) is 11.2 Å². The van der Waals surface area contributed by atoms with Crippen molar-refractivity contribution in [2.24, 2.45) is 5.41 Å². The van der Waals surface area contributed by atoms with E-state index in [1.807, 2.05) is 17.6 Å². The van der Waals surface area contributed by atoms with Crippen molar-refractivity contribution in [2.75, 3.05) is 18.0 Å². The second-order valence-electron chi connectivity index (χ2n) is 11.1. The first-order valence-corrected chi connectivity index (χ1v) is 12.8. The molecule has 0 aromatic carbocycles. The molecule has 0 radical (unpaired) electrons. The molecule has 6 rings (SSSR count). The number of carbonyl (C=O) groups excluding carboxylic acids is 2. The lowest BCUT2D eigenvalue weighted by Gasteiger charge is -2.47. The number of anilines is 1. The molecule has 7 nitrogen and oxygen atoms in total. The number of likely N-dealkylation sites (tertiary alicyclic amines) is 1. The number of aromatic nitrogens is 3. The molecule has 1 spiro atoms. The van der Waals surface area contributed by atoms with Crippen molar-refractivity contribution < 1.29 is 22.8 Å². The predicted octanol–water partition coefficient (Wildman–Crippen LogP) is 3.93.